The zero-order valence-electron chi connectivity index (χ0n) is 20.0. The number of carbonyl (C=O) groups excluding carboxylic acids is 2. The minimum absolute atomic E-state index is 0.0301. The smallest absolute Gasteiger partial charge is 0.279 e. The van der Waals surface area contributed by atoms with Gasteiger partial charge in [-0.25, -0.2) is 0 Å². The molecule has 0 saturated carbocycles. The van der Waals surface area contributed by atoms with E-state index >= 15 is 0 Å². The van der Waals surface area contributed by atoms with E-state index in [1.165, 1.54) is 12.8 Å². The lowest BCUT2D eigenvalue weighted by Gasteiger charge is -2.16. The highest BCUT2D eigenvalue weighted by atomic mass is 32.1. The first kappa shape index (κ1) is 26.0. The number of carbonyl (C=O) groups is 2. The number of fused-ring (bicyclic) bond motifs is 1. The Morgan fingerprint density at radius 1 is 0.886 bits per heavy atom. The van der Waals surface area contributed by atoms with Crippen molar-refractivity contribution < 1.29 is 19.1 Å². The second kappa shape index (κ2) is 13.3. The predicted octanol–water partition coefficient (Wildman–Crippen LogP) is 4.90. The van der Waals surface area contributed by atoms with Gasteiger partial charge < -0.3 is 9.47 Å². The average Bonchev–Trinajstić information content (AvgIpc) is 2.87. The lowest BCUT2D eigenvalue weighted by Crippen LogP contribution is -2.51. The first-order valence-corrected chi connectivity index (χ1v) is 12.2. The summed E-state index contributed by atoms with van der Waals surface area (Å²) in [6.07, 6.45) is 3.76. The lowest BCUT2D eigenvalue weighted by molar-refractivity contribution is -0.127. The molecule has 0 aliphatic carbocycles. The van der Waals surface area contributed by atoms with Gasteiger partial charge >= 0.3 is 0 Å². The standard InChI is InChI=1S/C27H31N3O4S/c1-3-4-5-8-17-33-23-14-12-21(13-15-23)26(32)28-27(35)30-29-25(31)19(2)34-24-16-11-20-9-6-7-10-22(20)18-24/h6-7,9-16,18-19H,3-5,8,17H2,1-2H3,(H,29,31)(H2,28,30,32,35). The number of hydrogen-bond donors (Lipinski definition) is 3. The number of hydrazine groups is 1. The minimum Gasteiger partial charge on any atom is -0.494 e. The topological polar surface area (TPSA) is 88.7 Å². The molecule has 0 fully saturated rings. The van der Waals surface area contributed by atoms with E-state index in [2.05, 4.69) is 23.1 Å². The van der Waals surface area contributed by atoms with Gasteiger partial charge in [0, 0.05) is 5.56 Å². The molecule has 0 aliphatic rings. The first-order chi connectivity index (χ1) is 17.0. The monoisotopic (exact) mass is 493 g/mol. The number of rotatable bonds is 10. The third-order valence-corrected chi connectivity index (χ3v) is 5.52. The van der Waals surface area contributed by atoms with E-state index in [9.17, 15) is 9.59 Å². The van der Waals surface area contributed by atoms with Crippen LogP contribution >= 0.6 is 12.2 Å². The molecule has 0 radical (unpaired) electrons. The fraction of sp³-hybridized carbons (Fsp3) is 0.296. The van der Waals surface area contributed by atoms with Crippen molar-refractivity contribution >= 4 is 39.9 Å². The highest BCUT2D eigenvalue weighted by Crippen LogP contribution is 2.21. The molecule has 0 heterocycles. The Hall–Kier alpha value is -3.65. The molecule has 0 saturated heterocycles. The SMILES string of the molecule is CCCCCCOc1ccc(C(=O)NC(=S)NNC(=O)C(C)Oc2ccc3ccccc3c2)cc1. The minimum atomic E-state index is -0.781. The molecule has 0 spiro atoms. The highest BCUT2D eigenvalue weighted by molar-refractivity contribution is 7.80. The van der Waals surface area contributed by atoms with Crippen LogP contribution in [0.5, 0.6) is 11.5 Å². The summed E-state index contributed by atoms with van der Waals surface area (Å²) in [7, 11) is 0. The normalized spacial score (nSPS) is 11.4. The second-order valence-corrected chi connectivity index (χ2v) is 8.51. The maximum atomic E-state index is 12.4. The number of hydrogen-bond acceptors (Lipinski definition) is 5. The molecule has 3 aromatic carbocycles. The summed E-state index contributed by atoms with van der Waals surface area (Å²) >= 11 is 5.11. The van der Waals surface area contributed by atoms with Gasteiger partial charge in [0.05, 0.1) is 6.61 Å². The van der Waals surface area contributed by atoms with E-state index in [0.717, 1.165) is 23.6 Å². The van der Waals surface area contributed by atoms with Crippen molar-refractivity contribution in [2.45, 2.75) is 45.6 Å². The molecule has 8 heteroatoms. The molecule has 3 rings (SSSR count). The molecule has 3 N–H and O–H groups in total. The molecular formula is C27H31N3O4S. The molecule has 3 aromatic rings. The van der Waals surface area contributed by atoms with Crippen LogP contribution in [0.3, 0.4) is 0 Å². The zero-order chi connectivity index (χ0) is 25.0. The Morgan fingerprint density at radius 2 is 1.60 bits per heavy atom. The molecule has 2 amide bonds. The van der Waals surface area contributed by atoms with E-state index in [4.69, 9.17) is 21.7 Å². The van der Waals surface area contributed by atoms with Crippen molar-refractivity contribution in [1.29, 1.82) is 0 Å². The van der Waals surface area contributed by atoms with Crippen LogP contribution in [0.15, 0.2) is 66.7 Å². The van der Waals surface area contributed by atoms with Crippen molar-refractivity contribution in [3.8, 4) is 11.5 Å². The van der Waals surface area contributed by atoms with Crippen LogP contribution in [0.25, 0.3) is 10.8 Å². The summed E-state index contributed by atoms with van der Waals surface area (Å²) in [5.74, 6) is 0.462. The van der Waals surface area contributed by atoms with Crippen molar-refractivity contribution in [1.82, 2.24) is 16.2 Å². The van der Waals surface area contributed by atoms with Gasteiger partial charge in [-0.1, -0.05) is 56.5 Å². The number of unbranched alkanes of at least 4 members (excludes halogenated alkanes) is 3. The van der Waals surface area contributed by atoms with Gasteiger partial charge in [0.2, 0.25) is 0 Å². The van der Waals surface area contributed by atoms with Crippen LogP contribution < -0.4 is 25.6 Å². The van der Waals surface area contributed by atoms with E-state index in [1.807, 2.05) is 42.5 Å². The Labute approximate surface area is 211 Å². The van der Waals surface area contributed by atoms with Gasteiger partial charge in [-0.15, -0.1) is 0 Å². The van der Waals surface area contributed by atoms with E-state index in [1.54, 1.807) is 31.2 Å². The first-order valence-electron chi connectivity index (χ1n) is 11.8. The second-order valence-electron chi connectivity index (χ2n) is 8.10. The Kier molecular flexibility index (Phi) is 9.86. The van der Waals surface area contributed by atoms with Crippen LogP contribution in [0.2, 0.25) is 0 Å². The van der Waals surface area contributed by atoms with Gasteiger partial charge in [0.1, 0.15) is 11.5 Å². The van der Waals surface area contributed by atoms with Crippen LogP contribution in [-0.2, 0) is 4.79 Å². The molecule has 184 valence electrons. The van der Waals surface area contributed by atoms with Crippen LogP contribution in [0.4, 0.5) is 0 Å². The fourth-order valence-corrected chi connectivity index (χ4v) is 3.49. The van der Waals surface area contributed by atoms with Crippen molar-refractivity contribution in [2.75, 3.05) is 6.61 Å². The molecule has 35 heavy (non-hydrogen) atoms. The highest BCUT2D eigenvalue weighted by Gasteiger charge is 2.16. The van der Waals surface area contributed by atoms with Gasteiger partial charge in [0.15, 0.2) is 11.2 Å². The van der Waals surface area contributed by atoms with Crippen LogP contribution in [-0.4, -0.2) is 29.6 Å². The summed E-state index contributed by atoms with van der Waals surface area (Å²) in [5.41, 5.74) is 5.41. The molecule has 0 bridgehead atoms. The maximum Gasteiger partial charge on any atom is 0.279 e. The van der Waals surface area contributed by atoms with Gasteiger partial charge in [-0.05, 0) is 72.7 Å². The number of thiocarbonyl (C=S) groups is 1. The summed E-state index contributed by atoms with van der Waals surface area (Å²) in [4.78, 5) is 24.8. The summed E-state index contributed by atoms with van der Waals surface area (Å²) in [6, 6.07) is 20.3. The van der Waals surface area contributed by atoms with Crippen molar-refractivity contribution in [3.05, 3.63) is 72.3 Å². The van der Waals surface area contributed by atoms with E-state index in [-0.39, 0.29) is 5.11 Å². The van der Waals surface area contributed by atoms with Crippen LogP contribution in [0.1, 0.15) is 49.9 Å². The van der Waals surface area contributed by atoms with Crippen molar-refractivity contribution in [3.63, 3.8) is 0 Å². The van der Waals surface area contributed by atoms with Gasteiger partial charge in [-0.2, -0.15) is 0 Å². The molecule has 7 nitrogen and oxygen atoms in total. The van der Waals surface area contributed by atoms with Gasteiger partial charge in [-0.3, -0.25) is 25.8 Å². The Bertz CT molecular complexity index is 1150. The number of nitrogens with one attached hydrogen (secondary N) is 3. The quantitative estimate of drug-likeness (QED) is 0.211. The third-order valence-electron chi connectivity index (χ3n) is 5.31. The summed E-state index contributed by atoms with van der Waals surface area (Å²) in [6.45, 7) is 4.45. The average molecular weight is 494 g/mol. The summed E-state index contributed by atoms with van der Waals surface area (Å²) in [5, 5.41) is 4.61. The van der Waals surface area contributed by atoms with Gasteiger partial charge in [0.25, 0.3) is 11.8 Å². The number of amides is 2. The predicted molar refractivity (Wildman–Crippen MR) is 141 cm³/mol. The lowest BCUT2D eigenvalue weighted by atomic mass is 10.1. The molecule has 0 aromatic heterocycles. The number of benzene rings is 3. The number of ether oxygens (including phenoxy) is 2. The van der Waals surface area contributed by atoms with E-state index < -0.39 is 17.9 Å². The zero-order valence-corrected chi connectivity index (χ0v) is 20.8. The Balaban J connectivity index is 1.40. The maximum absolute atomic E-state index is 12.4. The molecular weight excluding hydrogens is 462 g/mol. The Morgan fingerprint density at radius 3 is 2.34 bits per heavy atom. The molecule has 0 aliphatic heterocycles. The summed E-state index contributed by atoms with van der Waals surface area (Å²) < 4.78 is 11.4. The molecule has 1 atom stereocenters. The molecule has 1 unspecified atom stereocenters. The largest absolute Gasteiger partial charge is 0.494 e. The third kappa shape index (κ3) is 8.26. The fourth-order valence-electron chi connectivity index (χ4n) is 3.35. The van der Waals surface area contributed by atoms with E-state index in [0.29, 0.717) is 23.7 Å². The van der Waals surface area contributed by atoms with Crippen molar-refractivity contribution in [2.24, 2.45) is 0 Å². The van der Waals surface area contributed by atoms with Crippen LogP contribution in [0, 0.1) is 0 Å².